The molecule has 3 heterocycles. The maximum atomic E-state index is 14.0. The molecule has 0 radical (unpaired) electrons. The molecule has 4 amide bonds. The molecule has 2 saturated heterocycles. The van der Waals surface area contributed by atoms with Crippen LogP contribution in [0.2, 0.25) is 0 Å². The number of benzene rings is 1. The van der Waals surface area contributed by atoms with E-state index in [0.717, 1.165) is 15.3 Å². The summed E-state index contributed by atoms with van der Waals surface area (Å²) in [5.74, 6) is -1.12. The Hall–Kier alpha value is -3.25. The third-order valence-electron chi connectivity index (χ3n) is 5.85. The molecule has 176 valence electrons. The molecule has 12 heteroatoms. The van der Waals surface area contributed by atoms with E-state index in [1.54, 1.807) is 19.1 Å². The largest absolute Gasteiger partial charge is 0.463 e. The number of hydrogen-bond acceptors (Lipinski definition) is 6. The Morgan fingerprint density at radius 1 is 1.12 bits per heavy atom. The molecule has 1 aromatic heterocycles. The first-order valence-corrected chi connectivity index (χ1v) is 11.7. The van der Waals surface area contributed by atoms with Gasteiger partial charge in [-0.3, -0.25) is 14.5 Å². The van der Waals surface area contributed by atoms with E-state index < -0.39 is 50.7 Å². The molecule has 2 aliphatic heterocycles. The number of rotatable bonds is 5. The second kappa shape index (κ2) is 8.27. The molecule has 1 aromatic carbocycles. The van der Waals surface area contributed by atoms with Gasteiger partial charge in [-0.15, -0.1) is 0 Å². The first-order chi connectivity index (χ1) is 15.5. The molecule has 0 bridgehead atoms. The first-order valence-electron chi connectivity index (χ1n) is 10.3. The highest BCUT2D eigenvalue weighted by Crippen LogP contribution is 2.30. The van der Waals surface area contributed by atoms with Gasteiger partial charge in [-0.05, 0) is 38.1 Å². The van der Waals surface area contributed by atoms with Crippen molar-refractivity contribution in [3.8, 4) is 0 Å². The molecule has 10 nitrogen and oxygen atoms in total. The SMILES string of the molecule is Cc1ccc(C2(C)NC(=O)N(CC(=O)N3CCN(S(=O)(=O)c4ccccc4F)CC3)C2=O)o1. The van der Waals surface area contributed by atoms with Crippen molar-refractivity contribution in [3.63, 3.8) is 0 Å². The van der Waals surface area contributed by atoms with Crippen molar-refractivity contribution in [1.82, 2.24) is 19.4 Å². The lowest BCUT2D eigenvalue weighted by Crippen LogP contribution is -2.53. The lowest BCUT2D eigenvalue weighted by Gasteiger charge is -2.34. The van der Waals surface area contributed by atoms with Gasteiger partial charge in [0.2, 0.25) is 15.9 Å². The third-order valence-corrected chi connectivity index (χ3v) is 7.78. The molecule has 1 unspecified atom stereocenters. The van der Waals surface area contributed by atoms with Gasteiger partial charge in [0, 0.05) is 26.2 Å². The van der Waals surface area contributed by atoms with Crippen LogP contribution < -0.4 is 5.32 Å². The standard InChI is InChI=1S/C21H23FN4O6S/c1-14-7-8-17(32-14)21(2)19(28)26(20(29)23-21)13-18(27)24-9-11-25(12-10-24)33(30,31)16-6-4-3-5-15(16)22/h3-8H,9-13H2,1-2H3,(H,23,29). The van der Waals surface area contributed by atoms with Crippen molar-refractivity contribution >= 4 is 27.9 Å². The summed E-state index contributed by atoms with van der Waals surface area (Å²) in [6.45, 7) is 2.75. The van der Waals surface area contributed by atoms with Crippen molar-refractivity contribution < 1.29 is 31.6 Å². The molecule has 33 heavy (non-hydrogen) atoms. The van der Waals surface area contributed by atoms with Crippen LogP contribution in [0.1, 0.15) is 18.4 Å². The molecule has 1 atom stereocenters. The molecular weight excluding hydrogens is 455 g/mol. The molecule has 1 N–H and O–H groups in total. The fraction of sp³-hybridized carbons (Fsp3) is 0.381. The van der Waals surface area contributed by atoms with Crippen LogP contribution in [-0.2, 0) is 25.2 Å². The summed E-state index contributed by atoms with van der Waals surface area (Å²) in [5, 5.41) is 2.57. The Balaban J connectivity index is 1.40. The molecular formula is C21H23FN4O6S. The number of hydrogen-bond donors (Lipinski definition) is 1. The Bertz CT molecular complexity index is 1220. The zero-order valence-corrected chi connectivity index (χ0v) is 18.9. The minimum Gasteiger partial charge on any atom is -0.463 e. The molecule has 2 fully saturated rings. The zero-order chi connectivity index (χ0) is 24.0. The number of halogens is 1. The van der Waals surface area contributed by atoms with Crippen LogP contribution in [-0.4, -0.2) is 73.1 Å². The van der Waals surface area contributed by atoms with Crippen LogP contribution >= 0.6 is 0 Å². The Morgan fingerprint density at radius 2 is 1.79 bits per heavy atom. The lowest BCUT2D eigenvalue weighted by atomic mass is 9.99. The van der Waals surface area contributed by atoms with Gasteiger partial charge in [0.25, 0.3) is 5.91 Å². The number of nitrogens with one attached hydrogen (secondary N) is 1. The van der Waals surface area contributed by atoms with Crippen molar-refractivity contribution in [2.24, 2.45) is 0 Å². The minimum atomic E-state index is -4.04. The van der Waals surface area contributed by atoms with E-state index in [2.05, 4.69) is 5.32 Å². The van der Waals surface area contributed by atoms with Crippen LogP contribution in [0.3, 0.4) is 0 Å². The third kappa shape index (κ3) is 4.00. The monoisotopic (exact) mass is 478 g/mol. The average Bonchev–Trinajstić information content (AvgIpc) is 3.31. The number of nitrogens with zero attached hydrogens (tertiary/aromatic N) is 3. The second-order valence-electron chi connectivity index (χ2n) is 8.07. The Labute approximate surface area is 190 Å². The van der Waals surface area contributed by atoms with E-state index >= 15 is 0 Å². The van der Waals surface area contributed by atoms with E-state index in [1.165, 1.54) is 30.0 Å². The van der Waals surface area contributed by atoms with Gasteiger partial charge in [0.15, 0.2) is 5.54 Å². The Morgan fingerprint density at radius 3 is 2.39 bits per heavy atom. The summed E-state index contributed by atoms with van der Waals surface area (Å²) >= 11 is 0. The number of aryl methyl sites for hydroxylation is 1. The zero-order valence-electron chi connectivity index (χ0n) is 18.1. The maximum Gasteiger partial charge on any atom is 0.325 e. The van der Waals surface area contributed by atoms with E-state index in [1.807, 2.05) is 0 Å². The van der Waals surface area contributed by atoms with Gasteiger partial charge in [-0.1, -0.05) is 12.1 Å². The smallest absolute Gasteiger partial charge is 0.325 e. The van der Waals surface area contributed by atoms with Crippen molar-refractivity contribution in [2.45, 2.75) is 24.3 Å². The van der Waals surface area contributed by atoms with Gasteiger partial charge in [-0.2, -0.15) is 4.31 Å². The molecule has 2 aromatic rings. The summed E-state index contributed by atoms with van der Waals surface area (Å²) in [7, 11) is -4.04. The molecule has 4 rings (SSSR count). The van der Waals surface area contributed by atoms with Crippen LogP contribution in [0, 0.1) is 12.7 Å². The summed E-state index contributed by atoms with van der Waals surface area (Å²) in [6.07, 6.45) is 0. The highest BCUT2D eigenvalue weighted by atomic mass is 32.2. The molecule has 2 aliphatic rings. The number of furan rings is 1. The van der Waals surface area contributed by atoms with E-state index in [-0.39, 0.29) is 31.9 Å². The Kier molecular flexibility index (Phi) is 5.74. The van der Waals surface area contributed by atoms with Gasteiger partial charge in [0.1, 0.15) is 28.8 Å². The second-order valence-corrected chi connectivity index (χ2v) is 9.98. The van der Waals surface area contributed by atoms with Crippen molar-refractivity contribution in [1.29, 1.82) is 0 Å². The predicted octanol–water partition coefficient (Wildman–Crippen LogP) is 1.03. The minimum absolute atomic E-state index is 0.0358. The van der Waals surface area contributed by atoms with E-state index in [9.17, 15) is 27.2 Å². The molecule has 0 aliphatic carbocycles. The predicted molar refractivity (Wildman–Crippen MR) is 113 cm³/mol. The topological polar surface area (TPSA) is 120 Å². The fourth-order valence-electron chi connectivity index (χ4n) is 3.92. The van der Waals surface area contributed by atoms with Gasteiger partial charge in [0.05, 0.1) is 0 Å². The summed E-state index contributed by atoms with van der Waals surface area (Å²) < 4.78 is 46.0. The summed E-state index contributed by atoms with van der Waals surface area (Å²) in [6, 6.07) is 7.65. The molecule has 0 saturated carbocycles. The number of piperazine rings is 1. The van der Waals surface area contributed by atoms with Crippen molar-refractivity contribution in [3.05, 3.63) is 53.7 Å². The number of amides is 4. The first kappa shape index (κ1) is 22.9. The van der Waals surface area contributed by atoms with E-state index in [4.69, 9.17) is 4.42 Å². The normalized spacial score (nSPS) is 22.0. The number of carbonyl (C=O) groups is 3. The number of carbonyl (C=O) groups excluding carboxylic acids is 3. The summed E-state index contributed by atoms with van der Waals surface area (Å²) in [5.41, 5.74) is -1.42. The number of urea groups is 1. The van der Waals surface area contributed by atoms with Gasteiger partial charge >= 0.3 is 6.03 Å². The van der Waals surface area contributed by atoms with Crippen LogP contribution in [0.4, 0.5) is 9.18 Å². The fourth-order valence-corrected chi connectivity index (χ4v) is 5.40. The number of sulfonamides is 1. The number of imide groups is 1. The van der Waals surface area contributed by atoms with Crippen molar-refractivity contribution in [2.75, 3.05) is 32.7 Å². The average molecular weight is 479 g/mol. The summed E-state index contributed by atoms with van der Waals surface area (Å²) in [4.78, 5) is 39.9. The highest BCUT2D eigenvalue weighted by Gasteiger charge is 2.51. The quantitative estimate of drug-likeness (QED) is 0.641. The maximum absolute atomic E-state index is 14.0. The van der Waals surface area contributed by atoms with E-state index in [0.29, 0.717) is 5.76 Å². The van der Waals surface area contributed by atoms with Crippen LogP contribution in [0.15, 0.2) is 45.7 Å². The highest BCUT2D eigenvalue weighted by molar-refractivity contribution is 7.89. The van der Waals surface area contributed by atoms with Crippen LogP contribution in [0.5, 0.6) is 0 Å². The van der Waals surface area contributed by atoms with Gasteiger partial charge < -0.3 is 14.6 Å². The van der Waals surface area contributed by atoms with Gasteiger partial charge in [-0.25, -0.2) is 17.6 Å². The molecule has 0 spiro atoms. The van der Waals surface area contributed by atoms with Crippen LogP contribution in [0.25, 0.3) is 0 Å². The lowest BCUT2D eigenvalue weighted by molar-refractivity contribution is -0.139.